The molecule has 0 saturated carbocycles. The minimum absolute atomic E-state index is 0.0616. The number of thiazole rings is 1. The van der Waals surface area contributed by atoms with E-state index < -0.39 is 17.7 Å². The Hall–Kier alpha value is -5.22. The van der Waals surface area contributed by atoms with Crippen molar-refractivity contribution in [2.24, 2.45) is 0 Å². The summed E-state index contributed by atoms with van der Waals surface area (Å²) in [6.45, 7) is 2.55. The zero-order valence-corrected chi connectivity index (χ0v) is 24.2. The first-order valence-corrected chi connectivity index (χ1v) is 14.4. The van der Waals surface area contributed by atoms with Crippen LogP contribution in [0.2, 0.25) is 0 Å². The molecule has 1 N–H and O–H groups in total. The van der Waals surface area contributed by atoms with Crippen LogP contribution in [0.25, 0.3) is 16.0 Å². The molecule has 3 heterocycles. The van der Waals surface area contributed by atoms with Crippen LogP contribution in [0.5, 0.6) is 17.2 Å². The first kappa shape index (κ1) is 27.9. The number of hydrogen-bond acceptors (Lipinski definition) is 9. The summed E-state index contributed by atoms with van der Waals surface area (Å²) in [7, 11) is 1.57. The lowest BCUT2D eigenvalue weighted by Gasteiger charge is -2.24. The van der Waals surface area contributed by atoms with Gasteiger partial charge in [-0.05, 0) is 60.5 Å². The third-order valence-corrected chi connectivity index (χ3v) is 8.03. The molecular formula is C33H27N3O6S. The van der Waals surface area contributed by atoms with Gasteiger partial charge in [0.25, 0.3) is 5.78 Å². The number of aliphatic hydroxyl groups excluding tert-OH is 1. The summed E-state index contributed by atoms with van der Waals surface area (Å²) in [5.41, 5.74) is 2.48. The van der Waals surface area contributed by atoms with Crippen molar-refractivity contribution in [3.63, 3.8) is 0 Å². The highest BCUT2D eigenvalue weighted by molar-refractivity contribution is 7.22. The maximum absolute atomic E-state index is 13.7. The molecule has 216 valence electrons. The molecule has 1 fully saturated rings. The van der Waals surface area contributed by atoms with Gasteiger partial charge in [0.1, 0.15) is 18.1 Å². The van der Waals surface area contributed by atoms with Gasteiger partial charge in [-0.2, -0.15) is 0 Å². The number of ether oxygens (including phenoxy) is 3. The summed E-state index contributed by atoms with van der Waals surface area (Å²) in [5.74, 6) is -0.329. The fourth-order valence-corrected chi connectivity index (χ4v) is 5.97. The van der Waals surface area contributed by atoms with E-state index >= 15 is 0 Å². The van der Waals surface area contributed by atoms with Crippen molar-refractivity contribution in [1.29, 1.82) is 0 Å². The third-order valence-electron chi connectivity index (χ3n) is 7.01. The summed E-state index contributed by atoms with van der Waals surface area (Å²) >= 11 is 1.25. The second-order valence-corrected chi connectivity index (χ2v) is 10.7. The minimum atomic E-state index is -0.988. The van der Waals surface area contributed by atoms with Crippen molar-refractivity contribution in [3.8, 4) is 17.2 Å². The van der Waals surface area contributed by atoms with Gasteiger partial charge in [-0.15, -0.1) is 0 Å². The van der Waals surface area contributed by atoms with Gasteiger partial charge in [-0.25, -0.2) is 4.98 Å². The maximum Gasteiger partial charge on any atom is 0.301 e. The van der Waals surface area contributed by atoms with E-state index in [0.29, 0.717) is 52.2 Å². The molecule has 1 saturated heterocycles. The van der Waals surface area contributed by atoms with Gasteiger partial charge in [-0.3, -0.25) is 19.5 Å². The van der Waals surface area contributed by atoms with Crippen LogP contribution in [0.3, 0.4) is 0 Å². The van der Waals surface area contributed by atoms with Crippen LogP contribution < -0.4 is 19.1 Å². The molecule has 43 heavy (non-hydrogen) atoms. The van der Waals surface area contributed by atoms with E-state index in [1.54, 1.807) is 49.6 Å². The first-order chi connectivity index (χ1) is 21.0. The molecule has 10 heteroatoms. The second kappa shape index (κ2) is 11.9. The van der Waals surface area contributed by atoms with Gasteiger partial charge >= 0.3 is 5.91 Å². The van der Waals surface area contributed by atoms with Crippen LogP contribution >= 0.6 is 11.3 Å². The SMILES string of the molecule is CCOc1cc(C2/C(=C(\O)c3ccncc3)C(=O)C(=O)N2c2nc3ccc(OC)cc3s2)ccc1OCc1ccccc1. The lowest BCUT2D eigenvalue weighted by atomic mass is 9.95. The molecule has 3 aromatic carbocycles. The number of methoxy groups -OCH3 is 1. The largest absolute Gasteiger partial charge is 0.507 e. The van der Waals surface area contributed by atoms with Crippen molar-refractivity contribution < 1.29 is 28.9 Å². The minimum Gasteiger partial charge on any atom is -0.507 e. The first-order valence-electron chi connectivity index (χ1n) is 13.6. The standard InChI is InChI=1S/C33H27N3O6S/c1-3-41-26-17-22(9-12-25(26)42-19-20-7-5-4-6-8-20)29-28(30(37)21-13-15-34-16-14-21)31(38)32(39)36(29)33-35-24-11-10-23(40-2)18-27(24)43-33/h4-18,29,37H,3,19H2,1-2H3/b30-28+. The number of aromatic nitrogens is 2. The van der Waals surface area contributed by atoms with Crippen LogP contribution in [-0.4, -0.2) is 40.5 Å². The number of ketones is 1. The van der Waals surface area contributed by atoms with E-state index in [-0.39, 0.29) is 11.3 Å². The number of pyridine rings is 1. The summed E-state index contributed by atoms with van der Waals surface area (Å²) < 4.78 is 18.2. The van der Waals surface area contributed by atoms with Gasteiger partial charge < -0.3 is 19.3 Å². The molecule has 0 spiro atoms. The third kappa shape index (κ3) is 5.40. The van der Waals surface area contributed by atoms with E-state index in [1.807, 2.05) is 43.3 Å². The zero-order valence-electron chi connectivity index (χ0n) is 23.4. The highest BCUT2D eigenvalue weighted by atomic mass is 32.1. The number of Topliss-reactive ketones (excluding diaryl/α,β-unsaturated/α-hetero) is 1. The van der Waals surface area contributed by atoms with Gasteiger partial charge in [0.05, 0.1) is 35.5 Å². The molecule has 0 bridgehead atoms. The zero-order chi connectivity index (χ0) is 29.9. The topological polar surface area (TPSA) is 111 Å². The number of aliphatic hydroxyl groups is 1. The Balaban J connectivity index is 1.48. The molecule has 5 aromatic rings. The maximum atomic E-state index is 13.7. The van der Waals surface area contributed by atoms with Crippen LogP contribution in [0, 0.1) is 0 Å². The van der Waals surface area contributed by atoms with E-state index in [1.165, 1.54) is 28.6 Å². The average molecular weight is 594 g/mol. The highest BCUT2D eigenvalue weighted by Crippen LogP contribution is 2.46. The number of anilines is 1. The number of amides is 1. The molecule has 0 aliphatic carbocycles. The Morgan fingerprint density at radius 2 is 1.74 bits per heavy atom. The Bertz CT molecular complexity index is 1840. The fourth-order valence-electron chi connectivity index (χ4n) is 4.95. The Labute approximate surface area is 251 Å². The monoisotopic (exact) mass is 593 g/mol. The Morgan fingerprint density at radius 3 is 2.49 bits per heavy atom. The molecule has 1 aliphatic heterocycles. The van der Waals surface area contributed by atoms with Crippen molar-refractivity contribution in [3.05, 3.63) is 114 Å². The number of hydrogen-bond donors (Lipinski definition) is 1. The van der Waals surface area contributed by atoms with Crippen LogP contribution in [0.15, 0.2) is 96.8 Å². The summed E-state index contributed by atoms with van der Waals surface area (Å²) in [4.78, 5) is 37.3. The number of rotatable bonds is 9. The summed E-state index contributed by atoms with van der Waals surface area (Å²) in [6.07, 6.45) is 3.01. The van der Waals surface area contributed by atoms with Crippen molar-refractivity contribution in [1.82, 2.24) is 9.97 Å². The number of nitrogens with zero attached hydrogens (tertiary/aromatic N) is 3. The van der Waals surface area contributed by atoms with E-state index in [2.05, 4.69) is 9.97 Å². The second-order valence-electron chi connectivity index (χ2n) is 9.65. The number of carbonyl (C=O) groups excluding carboxylic acids is 2. The fraction of sp³-hybridized carbons (Fsp3) is 0.152. The molecule has 6 rings (SSSR count). The molecule has 9 nitrogen and oxygen atoms in total. The van der Waals surface area contributed by atoms with E-state index in [9.17, 15) is 14.7 Å². The number of benzene rings is 3. The Kier molecular flexibility index (Phi) is 7.76. The molecule has 2 aromatic heterocycles. The smallest absolute Gasteiger partial charge is 0.301 e. The van der Waals surface area contributed by atoms with Crippen molar-refractivity contribution in [2.45, 2.75) is 19.6 Å². The average Bonchev–Trinajstić information content (AvgIpc) is 3.58. The van der Waals surface area contributed by atoms with Crippen LogP contribution in [-0.2, 0) is 16.2 Å². The molecule has 1 atom stereocenters. The lowest BCUT2D eigenvalue weighted by Crippen LogP contribution is -2.29. The molecule has 0 radical (unpaired) electrons. The quantitative estimate of drug-likeness (QED) is 0.120. The predicted octanol–water partition coefficient (Wildman–Crippen LogP) is 6.30. The predicted molar refractivity (Wildman–Crippen MR) is 164 cm³/mol. The van der Waals surface area contributed by atoms with Crippen LogP contribution in [0.1, 0.15) is 29.7 Å². The lowest BCUT2D eigenvalue weighted by molar-refractivity contribution is -0.132. The number of carbonyl (C=O) groups is 2. The van der Waals surface area contributed by atoms with E-state index in [4.69, 9.17) is 14.2 Å². The highest BCUT2D eigenvalue weighted by Gasteiger charge is 2.48. The summed E-state index contributed by atoms with van der Waals surface area (Å²) in [5, 5.41) is 11.7. The van der Waals surface area contributed by atoms with Gasteiger partial charge in [-0.1, -0.05) is 47.7 Å². The van der Waals surface area contributed by atoms with Gasteiger partial charge in [0, 0.05) is 18.0 Å². The van der Waals surface area contributed by atoms with Gasteiger partial charge in [0.15, 0.2) is 16.6 Å². The van der Waals surface area contributed by atoms with E-state index in [0.717, 1.165) is 10.3 Å². The normalized spacial score (nSPS) is 16.0. The Morgan fingerprint density at radius 1 is 0.953 bits per heavy atom. The van der Waals surface area contributed by atoms with Crippen LogP contribution in [0.4, 0.5) is 5.13 Å². The van der Waals surface area contributed by atoms with Crippen molar-refractivity contribution >= 4 is 44.1 Å². The van der Waals surface area contributed by atoms with Crippen molar-refractivity contribution in [2.75, 3.05) is 18.6 Å². The van der Waals surface area contributed by atoms with Gasteiger partial charge in [0.2, 0.25) is 0 Å². The number of fused-ring (bicyclic) bond motifs is 1. The summed E-state index contributed by atoms with van der Waals surface area (Å²) in [6, 6.07) is 22.6. The molecule has 1 unspecified atom stereocenters. The molecule has 1 amide bonds. The molecule has 1 aliphatic rings. The molecular weight excluding hydrogens is 566 g/mol.